The highest BCUT2D eigenvalue weighted by Crippen LogP contribution is 2.45. The zero-order valence-electron chi connectivity index (χ0n) is 32.1. The minimum Gasteiger partial charge on any atom is -0.374 e. The van der Waals surface area contributed by atoms with E-state index in [4.69, 9.17) is 11.6 Å². The maximum atomic E-state index is 13.5. The maximum absolute atomic E-state index is 13.5. The van der Waals surface area contributed by atoms with Gasteiger partial charge in [0, 0.05) is 95.0 Å². The van der Waals surface area contributed by atoms with Gasteiger partial charge in [0.15, 0.2) is 11.5 Å². The Labute approximate surface area is 333 Å². The van der Waals surface area contributed by atoms with Crippen LogP contribution in [0.5, 0.6) is 0 Å². The van der Waals surface area contributed by atoms with Crippen molar-refractivity contribution in [1.29, 1.82) is 5.26 Å². The van der Waals surface area contributed by atoms with E-state index >= 15 is 0 Å². The van der Waals surface area contributed by atoms with Gasteiger partial charge >= 0.3 is 0 Å². The molecule has 1 aromatic heterocycles. The Balaban J connectivity index is 0.762. The van der Waals surface area contributed by atoms with Gasteiger partial charge in [-0.1, -0.05) is 17.7 Å². The Morgan fingerprint density at radius 1 is 0.929 bits per heavy atom. The molecule has 3 amide bonds. The SMILES string of the molecule is C[C@H]1CC2(CCN(c3ccc(C(=O)N4CCC(CN5CCN(c6cccc(N[C@H]7CCC(=O)NC7=O)c6)CC5)CC4)nn3)CC2)CN1c1ccc(C#N)c(Cl)c1. The summed E-state index contributed by atoms with van der Waals surface area (Å²) in [6, 6.07) is 19.9. The normalized spacial score (nSPS) is 23.3. The molecule has 0 aliphatic carbocycles. The van der Waals surface area contributed by atoms with Crippen LogP contribution >= 0.6 is 11.6 Å². The molecule has 13 nitrogen and oxygen atoms in total. The second kappa shape index (κ2) is 16.3. The first kappa shape index (κ1) is 38.0. The second-order valence-electron chi connectivity index (χ2n) is 16.4. The molecule has 3 aromatic rings. The molecule has 2 N–H and O–H groups in total. The molecule has 2 aromatic carbocycles. The van der Waals surface area contributed by atoms with Crippen LogP contribution in [0.3, 0.4) is 0 Å². The third kappa shape index (κ3) is 8.27. The van der Waals surface area contributed by atoms with Gasteiger partial charge in [-0.3, -0.25) is 24.6 Å². The number of piperidine rings is 3. The number of halogens is 1. The van der Waals surface area contributed by atoms with Gasteiger partial charge < -0.3 is 24.9 Å². The predicted octanol–water partition coefficient (Wildman–Crippen LogP) is 4.78. The molecule has 56 heavy (non-hydrogen) atoms. The summed E-state index contributed by atoms with van der Waals surface area (Å²) in [4.78, 5) is 48.8. The van der Waals surface area contributed by atoms with Gasteiger partial charge in [-0.05, 0) is 105 Å². The number of piperazine rings is 1. The molecule has 6 heterocycles. The minimum atomic E-state index is -0.396. The average molecular weight is 779 g/mol. The molecule has 5 aliphatic heterocycles. The van der Waals surface area contributed by atoms with Crippen molar-refractivity contribution in [2.24, 2.45) is 11.3 Å². The molecular formula is C42H51ClN10O3. The summed E-state index contributed by atoms with van der Waals surface area (Å²) in [5.74, 6) is 0.875. The molecule has 0 saturated carbocycles. The lowest BCUT2D eigenvalue weighted by molar-refractivity contribution is -0.133. The van der Waals surface area contributed by atoms with Crippen molar-refractivity contribution in [3.63, 3.8) is 0 Å². The molecule has 0 bridgehead atoms. The number of nitrogens with one attached hydrogen (secondary N) is 2. The van der Waals surface area contributed by atoms with E-state index < -0.39 is 6.04 Å². The number of rotatable bonds is 8. The first-order chi connectivity index (χ1) is 27.1. The lowest BCUT2D eigenvalue weighted by atomic mass is 9.77. The van der Waals surface area contributed by atoms with Gasteiger partial charge in [0.2, 0.25) is 11.8 Å². The van der Waals surface area contributed by atoms with Crippen LogP contribution in [-0.2, 0) is 9.59 Å². The van der Waals surface area contributed by atoms with E-state index in [2.05, 4.69) is 65.6 Å². The van der Waals surface area contributed by atoms with Crippen molar-refractivity contribution in [3.05, 3.63) is 70.9 Å². The molecule has 5 saturated heterocycles. The third-order valence-electron chi connectivity index (χ3n) is 12.8. The van der Waals surface area contributed by atoms with E-state index in [1.54, 1.807) is 0 Å². The zero-order chi connectivity index (χ0) is 38.8. The molecular weight excluding hydrogens is 728 g/mol. The number of hydrogen-bond donors (Lipinski definition) is 2. The standard InChI is InChI=1S/C42H51ClN10O3/c1-29-25-42(28-53(29)34-6-5-31(26-44)35(43)24-34)13-17-51(18-14-42)38-9-7-37(47-48-38)41(56)52-15-11-30(12-16-52)27-49-19-21-50(22-20-49)33-4-2-3-32(23-33)45-36-8-10-39(54)46-40(36)55/h2-7,9,23-24,29-30,36,45H,8,10-22,25,27-28H2,1H3,(H,46,54,55)/t29-,36-/m0/s1. The quantitative estimate of drug-likeness (QED) is 0.306. The van der Waals surface area contributed by atoms with Crippen LogP contribution in [-0.4, -0.2) is 115 Å². The molecule has 294 valence electrons. The molecule has 0 radical (unpaired) electrons. The van der Waals surface area contributed by atoms with E-state index in [0.717, 1.165) is 120 Å². The largest absolute Gasteiger partial charge is 0.374 e. The zero-order valence-corrected chi connectivity index (χ0v) is 32.9. The van der Waals surface area contributed by atoms with Gasteiger partial charge in [-0.15, -0.1) is 10.2 Å². The number of amides is 3. The molecule has 14 heteroatoms. The fourth-order valence-corrected chi connectivity index (χ4v) is 9.69. The second-order valence-corrected chi connectivity index (χ2v) is 16.8. The number of likely N-dealkylation sites (tertiary alicyclic amines) is 1. The van der Waals surface area contributed by atoms with Gasteiger partial charge in [-0.2, -0.15) is 5.26 Å². The summed E-state index contributed by atoms with van der Waals surface area (Å²) in [7, 11) is 0. The number of carbonyl (C=O) groups is 3. The van der Waals surface area contributed by atoms with E-state index in [1.165, 1.54) is 0 Å². The van der Waals surface area contributed by atoms with E-state index in [1.807, 2.05) is 47.4 Å². The Bertz CT molecular complexity index is 1960. The lowest BCUT2D eigenvalue weighted by Gasteiger charge is -2.40. The lowest BCUT2D eigenvalue weighted by Crippen LogP contribution is -2.49. The summed E-state index contributed by atoms with van der Waals surface area (Å²) in [6.45, 7) is 11.4. The monoisotopic (exact) mass is 778 g/mol. The number of imide groups is 1. The number of nitrogens with zero attached hydrogens (tertiary/aromatic N) is 8. The van der Waals surface area contributed by atoms with Crippen LogP contribution < -0.4 is 25.3 Å². The van der Waals surface area contributed by atoms with Crippen molar-refractivity contribution in [3.8, 4) is 6.07 Å². The Morgan fingerprint density at radius 3 is 2.41 bits per heavy atom. The first-order valence-electron chi connectivity index (χ1n) is 20.2. The molecule has 2 atom stereocenters. The number of hydrogen-bond acceptors (Lipinski definition) is 11. The Morgan fingerprint density at radius 2 is 1.71 bits per heavy atom. The summed E-state index contributed by atoms with van der Waals surface area (Å²) < 4.78 is 0. The number of anilines is 4. The number of nitriles is 1. The summed E-state index contributed by atoms with van der Waals surface area (Å²) >= 11 is 6.37. The molecule has 5 fully saturated rings. The topological polar surface area (TPSA) is 141 Å². The Hall–Kier alpha value is -4.93. The highest BCUT2D eigenvalue weighted by atomic mass is 35.5. The van der Waals surface area contributed by atoms with E-state index in [9.17, 15) is 19.6 Å². The minimum absolute atomic E-state index is 0.0361. The van der Waals surface area contributed by atoms with Crippen molar-refractivity contribution in [1.82, 2.24) is 25.3 Å². The maximum Gasteiger partial charge on any atom is 0.274 e. The summed E-state index contributed by atoms with van der Waals surface area (Å²) in [5.41, 5.74) is 4.24. The number of carbonyl (C=O) groups excluding carboxylic acids is 3. The summed E-state index contributed by atoms with van der Waals surface area (Å²) in [6.07, 6.45) is 6.06. The molecule has 8 rings (SSSR count). The van der Waals surface area contributed by atoms with Gasteiger partial charge in [-0.25, -0.2) is 0 Å². The van der Waals surface area contributed by atoms with Crippen LogP contribution in [0.4, 0.5) is 22.9 Å². The van der Waals surface area contributed by atoms with E-state index in [0.29, 0.717) is 41.1 Å². The van der Waals surface area contributed by atoms with Crippen molar-refractivity contribution in [2.75, 3.05) is 85.5 Å². The van der Waals surface area contributed by atoms with Gasteiger partial charge in [0.25, 0.3) is 5.91 Å². The van der Waals surface area contributed by atoms with Crippen LogP contribution in [0.1, 0.15) is 67.9 Å². The van der Waals surface area contributed by atoms with Gasteiger partial charge in [0.1, 0.15) is 12.1 Å². The van der Waals surface area contributed by atoms with Crippen LogP contribution in [0.2, 0.25) is 5.02 Å². The first-order valence-corrected chi connectivity index (χ1v) is 20.5. The Kier molecular flexibility index (Phi) is 11.0. The molecule has 0 unspecified atom stereocenters. The fraction of sp³-hybridized carbons (Fsp3) is 0.524. The van der Waals surface area contributed by atoms with Crippen LogP contribution in [0.15, 0.2) is 54.6 Å². The number of benzene rings is 2. The third-order valence-corrected chi connectivity index (χ3v) is 13.1. The molecule has 5 aliphatic rings. The predicted molar refractivity (Wildman–Crippen MR) is 217 cm³/mol. The van der Waals surface area contributed by atoms with Gasteiger partial charge in [0.05, 0.1) is 10.6 Å². The fourth-order valence-electron chi connectivity index (χ4n) is 9.48. The summed E-state index contributed by atoms with van der Waals surface area (Å²) in [5, 5.41) is 24.4. The van der Waals surface area contributed by atoms with E-state index in [-0.39, 0.29) is 23.1 Å². The van der Waals surface area contributed by atoms with Crippen LogP contribution in [0.25, 0.3) is 0 Å². The highest BCUT2D eigenvalue weighted by molar-refractivity contribution is 6.32. The smallest absolute Gasteiger partial charge is 0.274 e. The van der Waals surface area contributed by atoms with Crippen molar-refractivity contribution >= 4 is 52.2 Å². The molecule has 1 spiro atoms. The average Bonchev–Trinajstić information content (AvgIpc) is 3.54. The number of aromatic nitrogens is 2. The van der Waals surface area contributed by atoms with Crippen molar-refractivity contribution < 1.29 is 14.4 Å². The van der Waals surface area contributed by atoms with Crippen molar-refractivity contribution in [2.45, 2.75) is 64.0 Å². The van der Waals surface area contributed by atoms with Crippen LogP contribution in [0, 0.1) is 22.7 Å². The highest BCUT2D eigenvalue weighted by Gasteiger charge is 2.44.